The number of nitrogens with one attached hydrogen (secondary N) is 1. The van der Waals surface area contributed by atoms with Gasteiger partial charge in [0, 0.05) is 0 Å². The fourth-order valence-electron chi connectivity index (χ4n) is 1.05. The van der Waals surface area contributed by atoms with E-state index in [9.17, 15) is 4.79 Å². The highest BCUT2D eigenvalue weighted by Gasteiger charge is 2.13. The lowest BCUT2D eigenvalue weighted by Gasteiger charge is -2.14. The fraction of sp³-hybridized carbons (Fsp3) is 0.300. The molecule has 0 aliphatic carbocycles. The summed E-state index contributed by atoms with van der Waals surface area (Å²) < 4.78 is 5.41. The second-order valence-electron chi connectivity index (χ2n) is 3.03. The van der Waals surface area contributed by atoms with Gasteiger partial charge in [-0.2, -0.15) is 0 Å². The zero-order valence-corrected chi connectivity index (χ0v) is 8.28. The van der Waals surface area contributed by atoms with Gasteiger partial charge in [0.05, 0.1) is 0 Å². The Morgan fingerprint density at radius 1 is 1.50 bits per heavy atom. The maximum absolute atomic E-state index is 11.1. The summed E-state index contributed by atoms with van der Waals surface area (Å²) >= 11 is 0. The van der Waals surface area contributed by atoms with E-state index in [1.165, 1.54) is 0 Å². The molecule has 1 unspecified atom stereocenters. The largest absolute Gasteiger partial charge is 0.481 e. The van der Waals surface area contributed by atoms with Crippen molar-refractivity contribution < 1.29 is 9.53 Å². The van der Waals surface area contributed by atoms with Gasteiger partial charge >= 0.3 is 0 Å². The Hall–Kier alpha value is -1.55. The average Bonchev–Trinajstić information content (AvgIpc) is 2.20. The number of nitrogens with two attached hydrogens (primary N) is 1. The van der Waals surface area contributed by atoms with E-state index in [1.807, 2.05) is 36.6 Å². The predicted molar refractivity (Wildman–Crippen MR) is 53.6 cm³/mol. The summed E-state index contributed by atoms with van der Waals surface area (Å²) in [5.41, 5.74) is 3.03. The van der Waals surface area contributed by atoms with Gasteiger partial charge < -0.3 is 4.74 Å². The van der Waals surface area contributed by atoms with Crippen LogP contribution in [0.1, 0.15) is 12.5 Å². The number of hydrogen-bond donors (Lipinski definition) is 2. The number of amides is 1. The van der Waals surface area contributed by atoms with Crippen molar-refractivity contribution in [1.82, 2.24) is 5.43 Å². The topological polar surface area (TPSA) is 64.3 Å². The van der Waals surface area contributed by atoms with Crippen LogP contribution in [0.3, 0.4) is 0 Å². The molecule has 0 bridgehead atoms. The molecule has 0 radical (unpaired) electrons. The molecule has 4 nitrogen and oxygen atoms in total. The lowest BCUT2D eigenvalue weighted by molar-refractivity contribution is -0.127. The predicted octanol–water partition coefficient (Wildman–Crippen LogP) is 0.752. The van der Waals surface area contributed by atoms with Gasteiger partial charge in [0.25, 0.3) is 5.91 Å². The van der Waals surface area contributed by atoms with Crippen LogP contribution in [0, 0.1) is 6.92 Å². The minimum atomic E-state index is -0.582. The Morgan fingerprint density at radius 2 is 2.14 bits per heavy atom. The molecule has 0 saturated carbocycles. The smallest absolute Gasteiger partial charge is 0.274 e. The summed E-state index contributed by atoms with van der Waals surface area (Å²) in [6, 6.07) is 7.50. The van der Waals surface area contributed by atoms with Crippen molar-refractivity contribution in [1.29, 1.82) is 0 Å². The van der Waals surface area contributed by atoms with Crippen LogP contribution >= 0.6 is 0 Å². The van der Waals surface area contributed by atoms with Gasteiger partial charge in [0.1, 0.15) is 5.75 Å². The monoisotopic (exact) mass is 194 g/mol. The zero-order valence-electron chi connectivity index (χ0n) is 8.28. The van der Waals surface area contributed by atoms with Crippen LogP contribution in [0.4, 0.5) is 0 Å². The number of aryl methyl sites for hydroxylation is 1. The van der Waals surface area contributed by atoms with Gasteiger partial charge in [0.15, 0.2) is 6.10 Å². The van der Waals surface area contributed by atoms with Crippen LogP contribution in [0.5, 0.6) is 5.75 Å². The van der Waals surface area contributed by atoms with Crippen molar-refractivity contribution in [3.63, 3.8) is 0 Å². The Balaban J connectivity index is 2.69. The molecule has 0 heterocycles. The third-order valence-electron chi connectivity index (χ3n) is 1.91. The Labute approximate surface area is 83.0 Å². The first-order valence-electron chi connectivity index (χ1n) is 4.38. The molecular weight excluding hydrogens is 180 g/mol. The third-order valence-corrected chi connectivity index (χ3v) is 1.91. The van der Waals surface area contributed by atoms with E-state index in [1.54, 1.807) is 6.92 Å². The summed E-state index contributed by atoms with van der Waals surface area (Å²) in [6.45, 7) is 3.57. The van der Waals surface area contributed by atoms with Crippen LogP contribution in [-0.2, 0) is 4.79 Å². The zero-order chi connectivity index (χ0) is 10.6. The number of hydrazine groups is 1. The van der Waals surface area contributed by atoms with E-state index in [0.29, 0.717) is 5.75 Å². The fourth-order valence-corrected chi connectivity index (χ4v) is 1.05. The average molecular weight is 194 g/mol. The highest BCUT2D eigenvalue weighted by atomic mass is 16.5. The third kappa shape index (κ3) is 2.47. The minimum absolute atomic E-state index is 0.340. The minimum Gasteiger partial charge on any atom is -0.481 e. The highest BCUT2D eigenvalue weighted by molar-refractivity contribution is 5.80. The molecule has 4 heteroatoms. The number of para-hydroxylation sites is 1. The van der Waals surface area contributed by atoms with Crippen molar-refractivity contribution in [2.75, 3.05) is 0 Å². The molecule has 1 amide bonds. The number of carbonyl (C=O) groups excluding carboxylic acids is 1. The van der Waals surface area contributed by atoms with Crippen LogP contribution < -0.4 is 16.0 Å². The van der Waals surface area contributed by atoms with Crippen molar-refractivity contribution in [3.8, 4) is 5.75 Å². The Kier molecular flexibility index (Phi) is 3.48. The van der Waals surface area contributed by atoms with Crippen molar-refractivity contribution in [2.24, 2.45) is 5.84 Å². The molecule has 1 rings (SSSR count). The normalized spacial score (nSPS) is 11.9. The summed E-state index contributed by atoms with van der Waals surface area (Å²) in [5, 5.41) is 0. The van der Waals surface area contributed by atoms with Crippen molar-refractivity contribution >= 4 is 5.91 Å². The second-order valence-corrected chi connectivity index (χ2v) is 3.03. The first kappa shape index (κ1) is 10.5. The molecule has 3 N–H and O–H groups in total. The van der Waals surface area contributed by atoms with Crippen molar-refractivity contribution in [3.05, 3.63) is 29.8 Å². The second kappa shape index (κ2) is 4.62. The summed E-state index contributed by atoms with van der Waals surface area (Å²) in [4.78, 5) is 11.1. The Morgan fingerprint density at radius 3 is 2.71 bits per heavy atom. The Bertz CT molecular complexity index is 326. The lowest BCUT2D eigenvalue weighted by atomic mass is 10.2. The molecule has 0 aliphatic heterocycles. The lowest BCUT2D eigenvalue weighted by Crippen LogP contribution is -2.40. The van der Waals surface area contributed by atoms with E-state index >= 15 is 0 Å². The molecule has 1 aromatic carbocycles. The number of hydrogen-bond acceptors (Lipinski definition) is 3. The molecule has 76 valence electrons. The highest BCUT2D eigenvalue weighted by Crippen LogP contribution is 2.17. The summed E-state index contributed by atoms with van der Waals surface area (Å²) in [5.74, 6) is 5.34. The SMILES string of the molecule is Cc1ccccc1OC(C)C(=O)NN. The van der Waals surface area contributed by atoms with Gasteiger partial charge in [-0.3, -0.25) is 10.2 Å². The van der Waals surface area contributed by atoms with Crippen LogP contribution in [0.2, 0.25) is 0 Å². The molecule has 0 aromatic heterocycles. The van der Waals surface area contributed by atoms with Crippen LogP contribution in [0.25, 0.3) is 0 Å². The summed E-state index contributed by atoms with van der Waals surface area (Å²) in [7, 11) is 0. The number of carbonyl (C=O) groups is 1. The summed E-state index contributed by atoms with van der Waals surface area (Å²) in [6.07, 6.45) is -0.582. The number of rotatable bonds is 3. The van der Waals surface area contributed by atoms with Gasteiger partial charge in [-0.1, -0.05) is 18.2 Å². The molecule has 0 aliphatic rings. The van der Waals surface area contributed by atoms with E-state index in [4.69, 9.17) is 10.6 Å². The van der Waals surface area contributed by atoms with Gasteiger partial charge in [-0.25, -0.2) is 5.84 Å². The molecule has 14 heavy (non-hydrogen) atoms. The molecule has 1 aromatic rings. The van der Waals surface area contributed by atoms with E-state index in [2.05, 4.69) is 0 Å². The van der Waals surface area contributed by atoms with Crippen LogP contribution in [-0.4, -0.2) is 12.0 Å². The first-order valence-corrected chi connectivity index (χ1v) is 4.38. The number of ether oxygens (including phenoxy) is 1. The quantitative estimate of drug-likeness (QED) is 0.424. The maximum atomic E-state index is 11.1. The van der Waals surface area contributed by atoms with Gasteiger partial charge in [0.2, 0.25) is 0 Å². The van der Waals surface area contributed by atoms with E-state index in [0.717, 1.165) is 5.56 Å². The van der Waals surface area contributed by atoms with Gasteiger partial charge in [-0.15, -0.1) is 0 Å². The van der Waals surface area contributed by atoms with E-state index < -0.39 is 6.10 Å². The van der Waals surface area contributed by atoms with Crippen LogP contribution in [0.15, 0.2) is 24.3 Å². The maximum Gasteiger partial charge on any atom is 0.274 e. The van der Waals surface area contributed by atoms with E-state index in [-0.39, 0.29) is 5.91 Å². The first-order chi connectivity index (χ1) is 6.65. The molecule has 1 atom stereocenters. The molecule has 0 fully saturated rings. The molecule has 0 saturated heterocycles. The molecule has 0 spiro atoms. The molecular formula is C10H14N2O2. The van der Waals surface area contributed by atoms with Crippen molar-refractivity contribution in [2.45, 2.75) is 20.0 Å². The standard InChI is InChI=1S/C10H14N2O2/c1-7-5-3-4-6-9(7)14-8(2)10(13)12-11/h3-6,8H,11H2,1-2H3,(H,12,13). The number of benzene rings is 1. The van der Waals surface area contributed by atoms with Gasteiger partial charge in [-0.05, 0) is 25.5 Å².